The van der Waals surface area contributed by atoms with Crippen molar-refractivity contribution in [2.75, 3.05) is 13.1 Å². The van der Waals surface area contributed by atoms with Crippen molar-refractivity contribution in [2.45, 2.75) is 52.3 Å². The lowest BCUT2D eigenvalue weighted by Gasteiger charge is -2.25. The number of hydrogen-bond acceptors (Lipinski definition) is 3. The van der Waals surface area contributed by atoms with Crippen LogP contribution in [0.3, 0.4) is 0 Å². The van der Waals surface area contributed by atoms with Gasteiger partial charge in [0.2, 0.25) is 0 Å². The van der Waals surface area contributed by atoms with Crippen LogP contribution in [0.2, 0.25) is 0 Å². The van der Waals surface area contributed by atoms with Crippen molar-refractivity contribution in [1.29, 1.82) is 0 Å². The van der Waals surface area contributed by atoms with Crippen LogP contribution in [0.15, 0.2) is 24.3 Å². The first-order chi connectivity index (χ1) is 9.46. The van der Waals surface area contributed by atoms with Gasteiger partial charge in [0.25, 0.3) is 0 Å². The quantitative estimate of drug-likeness (QED) is 0.792. The Hall–Kier alpha value is -0.900. The third-order valence-corrected chi connectivity index (χ3v) is 3.80. The molecule has 0 aliphatic carbocycles. The molecule has 0 bridgehead atoms. The first kappa shape index (κ1) is 15.5. The lowest BCUT2D eigenvalue weighted by molar-refractivity contribution is 0.116. The summed E-state index contributed by atoms with van der Waals surface area (Å²) in [4.78, 5) is 0. The molecule has 3 nitrogen and oxygen atoms in total. The van der Waals surface area contributed by atoms with Crippen molar-refractivity contribution in [3.05, 3.63) is 35.4 Å². The van der Waals surface area contributed by atoms with Gasteiger partial charge in [-0.15, -0.1) is 0 Å². The molecule has 1 aliphatic rings. The Morgan fingerprint density at radius 1 is 1.35 bits per heavy atom. The van der Waals surface area contributed by atoms with E-state index in [1.165, 1.54) is 11.1 Å². The molecule has 0 saturated carbocycles. The van der Waals surface area contributed by atoms with Crippen molar-refractivity contribution in [3.8, 4) is 0 Å². The minimum absolute atomic E-state index is 0.171. The van der Waals surface area contributed by atoms with E-state index in [0.29, 0.717) is 12.6 Å². The van der Waals surface area contributed by atoms with Crippen LogP contribution in [-0.2, 0) is 6.54 Å². The van der Waals surface area contributed by atoms with Crippen LogP contribution >= 0.6 is 0 Å². The highest BCUT2D eigenvalue weighted by Crippen LogP contribution is 2.24. The molecule has 0 saturated heterocycles. The second-order valence-electron chi connectivity index (χ2n) is 7.04. The molecular formula is C17H28N2O. The van der Waals surface area contributed by atoms with Gasteiger partial charge in [0.05, 0.1) is 6.10 Å². The summed E-state index contributed by atoms with van der Waals surface area (Å²) in [6.45, 7) is 9.13. The van der Waals surface area contributed by atoms with E-state index in [2.05, 4.69) is 55.7 Å². The molecule has 0 fully saturated rings. The van der Waals surface area contributed by atoms with E-state index in [-0.39, 0.29) is 11.5 Å². The van der Waals surface area contributed by atoms with Gasteiger partial charge in [0.1, 0.15) is 0 Å². The Morgan fingerprint density at radius 3 is 2.85 bits per heavy atom. The summed E-state index contributed by atoms with van der Waals surface area (Å²) in [5, 5.41) is 17.2. The molecule has 1 heterocycles. The third kappa shape index (κ3) is 4.58. The van der Waals surface area contributed by atoms with E-state index >= 15 is 0 Å². The highest BCUT2D eigenvalue weighted by atomic mass is 16.3. The van der Waals surface area contributed by atoms with E-state index in [1.807, 2.05) is 0 Å². The second-order valence-corrected chi connectivity index (χ2v) is 7.04. The zero-order valence-corrected chi connectivity index (χ0v) is 12.9. The maximum atomic E-state index is 10.2. The molecule has 2 atom stereocenters. The molecule has 2 unspecified atom stereocenters. The van der Waals surface area contributed by atoms with Crippen molar-refractivity contribution < 1.29 is 5.11 Å². The average molecular weight is 276 g/mol. The predicted octanol–water partition coefficient (Wildman–Crippen LogP) is 2.61. The molecule has 1 aromatic rings. The van der Waals surface area contributed by atoms with E-state index < -0.39 is 0 Å². The Kier molecular flexibility index (Phi) is 5.19. The molecule has 3 heteroatoms. The van der Waals surface area contributed by atoms with Gasteiger partial charge in [-0.1, -0.05) is 45.0 Å². The maximum Gasteiger partial charge on any atom is 0.0669 e. The minimum atomic E-state index is -0.279. The summed E-state index contributed by atoms with van der Waals surface area (Å²) in [6, 6.07) is 8.93. The van der Waals surface area contributed by atoms with Crippen molar-refractivity contribution in [3.63, 3.8) is 0 Å². The smallest absolute Gasteiger partial charge is 0.0669 e. The number of aliphatic hydroxyl groups excluding tert-OH is 1. The standard InChI is InChI=1S/C17H28N2O/c1-17(2,3)10-14(20)12-19-16-8-9-18-11-13-6-4-5-7-15(13)16/h4-7,14,16,18-20H,8-12H2,1-3H3. The highest BCUT2D eigenvalue weighted by Gasteiger charge is 2.20. The van der Waals surface area contributed by atoms with E-state index in [4.69, 9.17) is 0 Å². The summed E-state index contributed by atoms with van der Waals surface area (Å²) in [6.07, 6.45) is 1.62. The van der Waals surface area contributed by atoms with Crippen LogP contribution < -0.4 is 10.6 Å². The van der Waals surface area contributed by atoms with E-state index in [0.717, 1.165) is 25.9 Å². The third-order valence-electron chi connectivity index (χ3n) is 3.80. The number of benzene rings is 1. The van der Waals surface area contributed by atoms with Gasteiger partial charge in [-0.25, -0.2) is 0 Å². The summed E-state index contributed by atoms with van der Waals surface area (Å²) < 4.78 is 0. The lowest BCUT2D eigenvalue weighted by atomic mass is 9.89. The summed E-state index contributed by atoms with van der Waals surface area (Å²) >= 11 is 0. The molecule has 0 radical (unpaired) electrons. The predicted molar refractivity (Wildman–Crippen MR) is 83.6 cm³/mol. The molecule has 0 aromatic heterocycles. The number of hydrogen-bond donors (Lipinski definition) is 3. The minimum Gasteiger partial charge on any atom is -0.392 e. The van der Waals surface area contributed by atoms with Gasteiger partial charge < -0.3 is 15.7 Å². The Labute approximate surface area is 122 Å². The normalized spacial score (nSPS) is 21.1. The van der Waals surface area contributed by atoms with Crippen LogP contribution in [0.4, 0.5) is 0 Å². The SMILES string of the molecule is CC(C)(C)CC(O)CNC1CCNCc2ccccc21. The van der Waals surface area contributed by atoms with Gasteiger partial charge >= 0.3 is 0 Å². The molecule has 1 aliphatic heterocycles. The summed E-state index contributed by atoms with van der Waals surface area (Å²) in [5.41, 5.74) is 2.91. The van der Waals surface area contributed by atoms with Crippen molar-refractivity contribution >= 4 is 0 Å². The van der Waals surface area contributed by atoms with Crippen molar-refractivity contribution in [2.24, 2.45) is 5.41 Å². The van der Waals surface area contributed by atoms with Crippen LogP contribution in [0.5, 0.6) is 0 Å². The van der Waals surface area contributed by atoms with Crippen molar-refractivity contribution in [1.82, 2.24) is 10.6 Å². The topological polar surface area (TPSA) is 44.3 Å². The fraction of sp³-hybridized carbons (Fsp3) is 0.647. The maximum absolute atomic E-state index is 10.2. The molecule has 20 heavy (non-hydrogen) atoms. The first-order valence-electron chi connectivity index (χ1n) is 7.66. The van der Waals surface area contributed by atoms with Gasteiger partial charge in [-0.2, -0.15) is 0 Å². The number of fused-ring (bicyclic) bond motifs is 1. The highest BCUT2D eigenvalue weighted by molar-refractivity contribution is 5.31. The van der Waals surface area contributed by atoms with Gasteiger partial charge in [0.15, 0.2) is 0 Å². The molecule has 112 valence electrons. The van der Waals surface area contributed by atoms with Gasteiger partial charge in [0, 0.05) is 19.1 Å². The Bertz CT molecular complexity index is 425. The fourth-order valence-corrected chi connectivity index (χ4v) is 2.93. The Morgan fingerprint density at radius 2 is 2.10 bits per heavy atom. The summed E-state index contributed by atoms with van der Waals surface area (Å²) in [5.74, 6) is 0. The molecule has 2 rings (SSSR count). The molecule has 3 N–H and O–H groups in total. The summed E-state index contributed by atoms with van der Waals surface area (Å²) in [7, 11) is 0. The zero-order chi connectivity index (χ0) is 14.6. The van der Waals surface area contributed by atoms with Crippen LogP contribution in [0.1, 0.15) is 50.8 Å². The fourth-order valence-electron chi connectivity index (χ4n) is 2.93. The monoisotopic (exact) mass is 276 g/mol. The average Bonchev–Trinajstić information content (AvgIpc) is 2.56. The molecule has 0 amide bonds. The zero-order valence-electron chi connectivity index (χ0n) is 12.9. The van der Waals surface area contributed by atoms with Crippen LogP contribution in [0.25, 0.3) is 0 Å². The van der Waals surface area contributed by atoms with Gasteiger partial charge in [-0.05, 0) is 35.9 Å². The molecule has 1 aromatic carbocycles. The van der Waals surface area contributed by atoms with Crippen LogP contribution in [-0.4, -0.2) is 24.3 Å². The van der Waals surface area contributed by atoms with E-state index in [9.17, 15) is 5.11 Å². The largest absolute Gasteiger partial charge is 0.392 e. The number of aliphatic hydroxyl groups is 1. The lowest BCUT2D eigenvalue weighted by Crippen LogP contribution is -2.33. The van der Waals surface area contributed by atoms with E-state index in [1.54, 1.807) is 0 Å². The Balaban J connectivity index is 1.96. The second kappa shape index (κ2) is 6.70. The molecule has 0 spiro atoms. The van der Waals surface area contributed by atoms with Crippen LogP contribution in [0, 0.1) is 5.41 Å². The number of nitrogens with one attached hydrogen (secondary N) is 2. The first-order valence-corrected chi connectivity index (χ1v) is 7.66. The molecular weight excluding hydrogens is 248 g/mol. The van der Waals surface area contributed by atoms with Gasteiger partial charge in [-0.3, -0.25) is 0 Å². The number of rotatable bonds is 4.